The van der Waals surface area contributed by atoms with Crippen molar-refractivity contribution in [1.82, 2.24) is 19.5 Å². The minimum Gasteiger partial charge on any atom is -0.455 e. The summed E-state index contributed by atoms with van der Waals surface area (Å²) >= 11 is 0. The molecule has 0 spiro atoms. The van der Waals surface area contributed by atoms with Gasteiger partial charge in [-0.05, 0) is 54.1 Å². The second kappa shape index (κ2) is 12.8. The third kappa shape index (κ3) is 5.27. The molecule has 0 saturated heterocycles. The molecule has 3 aromatic heterocycles. The van der Waals surface area contributed by atoms with Gasteiger partial charge in [-0.3, -0.25) is 0 Å². The molecule has 0 N–H and O–H groups in total. The van der Waals surface area contributed by atoms with E-state index in [1.54, 1.807) is 0 Å². The first-order valence-corrected chi connectivity index (χ1v) is 18.8. The van der Waals surface area contributed by atoms with Crippen LogP contribution in [0.5, 0.6) is 0 Å². The second-order valence-electron chi connectivity index (χ2n) is 14.6. The van der Waals surface area contributed by atoms with Crippen LogP contribution in [0.1, 0.15) is 0 Å². The molecule has 55 heavy (non-hydrogen) atoms. The summed E-state index contributed by atoms with van der Waals surface area (Å²) in [5.41, 5.74) is 16.5. The number of benzene rings is 7. The zero-order valence-corrected chi connectivity index (χ0v) is 31.5. The number of fused-ring (bicyclic) bond motifs is 6. The van der Waals surface area contributed by atoms with Gasteiger partial charge in [0.25, 0.3) is 0 Å². The Kier molecular flexibility index (Phi) is 7.70. The third-order valence-corrected chi connectivity index (χ3v) is 11.6. The highest BCUT2D eigenvalue weighted by atomic mass is 16.3. The number of rotatable bonds is 5. The largest absolute Gasteiger partial charge is 0.455 e. The Morgan fingerprint density at radius 1 is 0.418 bits per heavy atom. The molecule has 0 aliphatic rings. The fourth-order valence-corrected chi connectivity index (χ4v) is 8.33. The Hall–Kier alpha value is -6.53. The number of furan rings is 1. The molecule has 0 fully saturated rings. The maximum atomic E-state index is 6.70. The van der Waals surface area contributed by atoms with Crippen molar-refractivity contribution in [3.63, 3.8) is 0 Å². The van der Waals surface area contributed by atoms with E-state index in [0.717, 1.165) is 55.4 Å². The fourth-order valence-electron chi connectivity index (χ4n) is 8.33. The van der Waals surface area contributed by atoms with E-state index in [0.29, 0.717) is 17.5 Å². The molecule has 0 unspecified atom stereocenters. The van der Waals surface area contributed by atoms with Crippen LogP contribution in [-0.2, 0) is 0 Å². The van der Waals surface area contributed by atoms with E-state index >= 15 is 0 Å². The first-order chi connectivity index (χ1) is 26.9. The Bertz CT molecular complexity index is 3130. The lowest BCUT2D eigenvalue weighted by molar-refractivity contribution is 0.670. The number of hydrogen-bond donors (Lipinski definition) is 0. The van der Waals surface area contributed by atoms with Gasteiger partial charge in [-0.2, -0.15) is 0 Å². The van der Waals surface area contributed by atoms with Gasteiger partial charge in [0.1, 0.15) is 50.4 Å². The van der Waals surface area contributed by atoms with Crippen molar-refractivity contribution >= 4 is 110 Å². The van der Waals surface area contributed by atoms with E-state index in [9.17, 15) is 0 Å². The highest BCUT2D eigenvalue weighted by Gasteiger charge is 2.21. The molecule has 0 bridgehead atoms. The zero-order valence-electron chi connectivity index (χ0n) is 31.5. The lowest BCUT2D eigenvalue weighted by Crippen LogP contribution is -2.55. The minimum absolute atomic E-state index is 0.631. The molecule has 254 valence electrons. The van der Waals surface area contributed by atoms with Gasteiger partial charge in [-0.25, -0.2) is 15.0 Å². The lowest BCUT2D eigenvalue weighted by atomic mass is 9.60. The van der Waals surface area contributed by atoms with Gasteiger partial charge in [0, 0.05) is 49.5 Å². The highest BCUT2D eigenvalue weighted by Crippen LogP contribution is 2.40. The van der Waals surface area contributed by atoms with Crippen LogP contribution in [0.2, 0.25) is 0 Å². The summed E-state index contributed by atoms with van der Waals surface area (Å²) in [6.45, 7) is 0. The van der Waals surface area contributed by atoms with Gasteiger partial charge < -0.3 is 8.98 Å². The summed E-state index contributed by atoms with van der Waals surface area (Å²) in [6.07, 6.45) is 0. The van der Waals surface area contributed by atoms with E-state index in [-0.39, 0.29) is 0 Å². The zero-order chi connectivity index (χ0) is 37.4. The summed E-state index contributed by atoms with van der Waals surface area (Å²) in [5, 5.41) is 4.50. The van der Waals surface area contributed by atoms with Gasteiger partial charge in [0.15, 0.2) is 17.5 Å². The van der Waals surface area contributed by atoms with Crippen LogP contribution >= 0.6 is 0 Å². The molecule has 7 aromatic carbocycles. The smallest absolute Gasteiger partial charge is 0.164 e. The Labute approximate surface area is 323 Å². The van der Waals surface area contributed by atoms with Crippen molar-refractivity contribution in [3.8, 4) is 51.0 Å². The van der Waals surface area contributed by atoms with E-state index < -0.39 is 0 Å². The summed E-state index contributed by atoms with van der Waals surface area (Å²) in [5.74, 6) is 1.97. The first kappa shape index (κ1) is 33.1. The van der Waals surface area contributed by atoms with Crippen LogP contribution in [0.15, 0.2) is 144 Å². The Morgan fingerprint density at radius 3 is 1.76 bits per heavy atom. The normalized spacial score (nSPS) is 11.6. The SMILES string of the molecule is Bc1c(B)c(B)c(-c2nc(-c3ccccc3)nc(-c3ccc4oc5c(-c6ccc7c(c6)c6ccccc6n7-c6ccccc6)cccc5c4c3)n2)c(B)c1B. The lowest BCUT2D eigenvalue weighted by Gasteiger charge is -2.20. The standard InChI is InChI=1S/C45H33B5N4O/c46-37-36(38(47)40(49)41(50)39(37)48)45-52-43(24-10-3-1-4-11-24)51-44(53-45)26-19-21-35-32(23-26)30-16-9-15-28(42(30)55-35)25-18-20-34-31(22-25)29-14-7-8-17-33(29)54(34)27-12-5-2-6-13-27/h1-23H,46-50H2. The maximum absolute atomic E-state index is 6.70. The van der Waals surface area contributed by atoms with Crippen molar-refractivity contribution in [3.05, 3.63) is 140 Å². The van der Waals surface area contributed by atoms with Crippen molar-refractivity contribution in [1.29, 1.82) is 0 Å². The Balaban J connectivity index is 1.14. The van der Waals surface area contributed by atoms with Crippen molar-refractivity contribution in [2.75, 3.05) is 0 Å². The van der Waals surface area contributed by atoms with Gasteiger partial charge >= 0.3 is 0 Å². The third-order valence-electron chi connectivity index (χ3n) is 11.6. The molecular formula is C45H33B5N4O. The topological polar surface area (TPSA) is 56.7 Å². The molecule has 0 aliphatic heterocycles. The average molecular weight is 700 g/mol. The van der Waals surface area contributed by atoms with Gasteiger partial charge in [-0.1, -0.05) is 102 Å². The van der Waals surface area contributed by atoms with Gasteiger partial charge in [0.2, 0.25) is 0 Å². The summed E-state index contributed by atoms with van der Waals surface area (Å²) in [6, 6.07) is 48.8. The number of para-hydroxylation sites is 3. The molecule has 10 rings (SSSR count). The molecule has 0 atom stereocenters. The quantitative estimate of drug-likeness (QED) is 0.260. The van der Waals surface area contributed by atoms with Gasteiger partial charge in [0.05, 0.1) is 11.0 Å². The summed E-state index contributed by atoms with van der Waals surface area (Å²) in [4.78, 5) is 15.4. The molecule has 5 nitrogen and oxygen atoms in total. The number of nitrogens with zero attached hydrogens (tertiary/aromatic N) is 4. The molecule has 0 saturated carbocycles. The molecule has 10 aromatic rings. The first-order valence-electron chi connectivity index (χ1n) is 18.8. The van der Waals surface area contributed by atoms with Crippen LogP contribution in [0, 0.1) is 0 Å². The van der Waals surface area contributed by atoms with Crippen LogP contribution in [0.4, 0.5) is 0 Å². The summed E-state index contributed by atoms with van der Waals surface area (Å²) in [7, 11) is 10.9. The van der Waals surface area contributed by atoms with Crippen molar-refractivity contribution in [2.45, 2.75) is 0 Å². The monoisotopic (exact) mass is 700 g/mol. The maximum Gasteiger partial charge on any atom is 0.164 e. The van der Waals surface area contributed by atoms with Crippen LogP contribution in [0.3, 0.4) is 0 Å². The molecule has 0 radical (unpaired) electrons. The molecule has 10 heteroatoms. The van der Waals surface area contributed by atoms with Crippen molar-refractivity contribution in [2.24, 2.45) is 0 Å². The van der Waals surface area contributed by atoms with E-state index in [2.05, 4.69) is 159 Å². The predicted molar refractivity (Wildman–Crippen MR) is 244 cm³/mol. The summed E-state index contributed by atoms with van der Waals surface area (Å²) < 4.78 is 9.04. The van der Waals surface area contributed by atoms with E-state index in [4.69, 9.17) is 19.4 Å². The van der Waals surface area contributed by atoms with Crippen molar-refractivity contribution < 1.29 is 4.42 Å². The fraction of sp³-hybridized carbons (Fsp3) is 0. The number of hydrogen-bond acceptors (Lipinski definition) is 4. The molecule has 0 amide bonds. The molecular weight excluding hydrogens is 667 g/mol. The highest BCUT2D eigenvalue weighted by molar-refractivity contribution is 6.68. The molecule has 0 aliphatic carbocycles. The van der Waals surface area contributed by atoms with Crippen LogP contribution in [-0.4, -0.2) is 58.8 Å². The Morgan fingerprint density at radius 2 is 1.00 bits per heavy atom. The van der Waals surface area contributed by atoms with E-state index in [1.807, 2.05) is 24.3 Å². The number of aromatic nitrogens is 4. The predicted octanol–water partition coefficient (Wildman–Crippen LogP) is 2.83. The second-order valence-corrected chi connectivity index (χ2v) is 14.6. The molecule has 3 heterocycles. The van der Waals surface area contributed by atoms with Crippen LogP contribution in [0.25, 0.3) is 94.7 Å². The average Bonchev–Trinajstić information content (AvgIpc) is 3.78. The van der Waals surface area contributed by atoms with Gasteiger partial charge in [-0.15, -0.1) is 16.4 Å². The minimum atomic E-state index is 0.631. The van der Waals surface area contributed by atoms with E-state index in [1.165, 1.54) is 49.1 Å². The van der Waals surface area contributed by atoms with Crippen LogP contribution < -0.4 is 27.3 Å².